The van der Waals surface area contributed by atoms with E-state index in [2.05, 4.69) is 20.8 Å². The smallest absolute Gasteiger partial charge is 0.196 e. The maximum atomic E-state index is 13.1. The molecular formula is C20H26O4. The summed E-state index contributed by atoms with van der Waals surface area (Å²) in [6.45, 7) is 6.48. The molecule has 1 saturated heterocycles. The van der Waals surface area contributed by atoms with E-state index in [4.69, 9.17) is 9.47 Å². The summed E-state index contributed by atoms with van der Waals surface area (Å²) in [7, 11) is 1.63. The average Bonchev–Trinajstić information content (AvgIpc) is 3.30. The molecule has 24 heavy (non-hydrogen) atoms. The maximum Gasteiger partial charge on any atom is 0.196 e. The van der Waals surface area contributed by atoms with E-state index in [0.29, 0.717) is 12.3 Å². The lowest BCUT2D eigenvalue weighted by Gasteiger charge is -2.44. The maximum absolute atomic E-state index is 13.1. The number of ketones is 1. The van der Waals surface area contributed by atoms with Crippen LogP contribution < -0.4 is 4.74 Å². The van der Waals surface area contributed by atoms with Crippen molar-refractivity contribution in [3.63, 3.8) is 0 Å². The van der Waals surface area contributed by atoms with Crippen molar-refractivity contribution in [1.82, 2.24) is 0 Å². The van der Waals surface area contributed by atoms with Gasteiger partial charge >= 0.3 is 0 Å². The van der Waals surface area contributed by atoms with Gasteiger partial charge in [-0.2, -0.15) is 0 Å². The Kier molecular flexibility index (Phi) is 3.24. The van der Waals surface area contributed by atoms with Crippen molar-refractivity contribution in [1.29, 1.82) is 0 Å². The fourth-order valence-electron chi connectivity index (χ4n) is 5.24. The zero-order valence-electron chi connectivity index (χ0n) is 14.8. The number of benzene rings is 1. The van der Waals surface area contributed by atoms with E-state index in [-0.39, 0.29) is 22.7 Å². The van der Waals surface area contributed by atoms with Gasteiger partial charge in [-0.15, -0.1) is 0 Å². The second kappa shape index (κ2) is 4.83. The average molecular weight is 330 g/mol. The lowest BCUT2D eigenvalue weighted by molar-refractivity contribution is -0.156. The molecule has 0 unspecified atom stereocenters. The third kappa shape index (κ3) is 1.84. The van der Waals surface area contributed by atoms with Crippen LogP contribution in [-0.2, 0) is 9.53 Å². The monoisotopic (exact) mass is 330 g/mol. The molecule has 1 heterocycles. The molecule has 0 aromatic heterocycles. The number of rotatable bonds is 4. The number of Topliss-reactive ketones (excluding diaryl/α,β-unsaturated/α-hetero) is 1. The molecule has 0 spiro atoms. The van der Waals surface area contributed by atoms with Crippen LogP contribution in [0.3, 0.4) is 0 Å². The molecule has 2 aliphatic carbocycles. The number of fused-ring (bicyclic) bond motifs is 2. The number of hydrogen-bond acceptors (Lipinski definition) is 4. The first-order valence-electron chi connectivity index (χ1n) is 8.81. The summed E-state index contributed by atoms with van der Waals surface area (Å²) in [6, 6.07) is 7.59. The lowest BCUT2D eigenvalue weighted by Crippen LogP contribution is -2.54. The van der Waals surface area contributed by atoms with Crippen LogP contribution in [0.25, 0.3) is 0 Å². The quantitative estimate of drug-likeness (QED) is 0.861. The number of hydrogen-bond donors (Lipinski definition) is 1. The van der Waals surface area contributed by atoms with Gasteiger partial charge in [0.25, 0.3) is 0 Å². The van der Waals surface area contributed by atoms with Crippen LogP contribution in [0.4, 0.5) is 0 Å². The first-order valence-corrected chi connectivity index (χ1v) is 8.81. The van der Waals surface area contributed by atoms with E-state index in [9.17, 15) is 9.90 Å². The molecule has 1 aliphatic heterocycles. The second-order valence-corrected chi connectivity index (χ2v) is 8.47. The zero-order valence-corrected chi connectivity index (χ0v) is 14.8. The predicted molar refractivity (Wildman–Crippen MR) is 89.8 cm³/mol. The van der Waals surface area contributed by atoms with Gasteiger partial charge in [-0.3, -0.25) is 4.79 Å². The van der Waals surface area contributed by atoms with Gasteiger partial charge in [0.1, 0.15) is 23.6 Å². The van der Waals surface area contributed by atoms with Gasteiger partial charge < -0.3 is 14.6 Å². The van der Waals surface area contributed by atoms with Crippen molar-refractivity contribution < 1.29 is 19.4 Å². The summed E-state index contributed by atoms with van der Waals surface area (Å²) in [4.78, 5) is 13.1. The minimum Gasteiger partial charge on any atom is -0.497 e. The van der Waals surface area contributed by atoms with E-state index in [0.717, 1.165) is 24.2 Å². The van der Waals surface area contributed by atoms with Gasteiger partial charge in [0.2, 0.25) is 0 Å². The molecular weight excluding hydrogens is 304 g/mol. The SMILES string of the molecule is COc1ccc([C@H]2O[C@@H]2C(=O)[C@@]2(O)C[C@H]3CC[C@]2(C)C3(C)C)cc1. The van der Waals surface area contributed by atoms with Gasteiger partial charge in [0.05, 0.1) is 7.11 Å². The Morgan fingerprint density at radius 1 is 1.25 bits per heavy atom. The lowest BCUT2D eigenvalue weighted by atomic mass is 9.62. The summed E-state index contributed by atoms with van der Waals surface area (Å²) in [5.41, 5.74) is -0.670. The van der Waals surface area contributed by atoms with Gasteiger partial charge in [-0.1, -0.05) is 32.9 Å². The van der Waals surface area contributed by atoms with Crippen LogP contribution in [0, 0.1) is 16.7 Å². The Labute approximate surface area is 143 Å². The highest BCUT2D eigenvalue weighted by atomic mass is 16.6. The van der Waals surface area contributed by atoms with E-state index in [1.807, 2.05) is 24.3 Å². The number of methoxy groups -OCH3 is 1. The van der Waals surface area contributed by atoms with Crippen molar-refractivity contribution >= 4 is 5.78 Å². The van der Waals surface area contributed by atoms with E-state index in [1.165, 1.54) is 0 Å². The Morgan fingerprint density at radius 3 is 2.42 bits per heavy atom. The summed E-state index contributed by atoms with van der Waals surface area (Å²) < 4.78 is 10.8. The van der Waals surface area contributed by atoms with E-state index in [1.54, 1.807) is 7.11 Å². The third-order valence-corrected chi connectivity index (χ3v) is 7.49. The van der Waals surface area contributed by atoms with E-state index >= 15 is 0 Å². The van der Waals surface area contributed by atoms with Crippen molar-refractivity contribution in [2.45, 2.75) is 57.8 Å². The molecule has 4 rings (SSSR count). The molecule has 1 aromatic carbocycles. The number of ether oxygens (including phenoxy) is 2. The van der Waals surface area contributed by atoms with Crippen LogP contribution >= 0.6 is 0 Å². The molecule has 130 valence electrons. The summed E-state index contributed by atoms with van der Waals surface area (Å²) in [6.07, 6.45) is 1.83. The fraction of sp³-hybridized carbons (Fsp3) is 0.650. The highest BCUT2D eigenvalue weighted by Crippen LogP contribution is 2.70. The summed E-state index contributed by atoms with van der Waals surface area (Å²) in [5, 5.41) is 11.4. The molecule has 2 bridgehead atoms. The minimum atomic E-state index is -1.26. The molecule has 4 nitrogen and oxygen atoms in total. The summed E-state index contributed by atoms with van der Waals surface area (Å²) >= 11 is 0. The van der Waals surface area contributed by atoms with Crippen LogP contribution in [0.1, 0.15) is 51.7 Å². The molecule has 1 N–H and O–H groups in total. The normalized spacial score (nSPS) is 42.1. The minimum absolute atomic E-state index is 0.0120. The molecule has 0 amide bonds. The summed E-state index contributed by atoms with van der Waals surface area (Å²) in [5.74, 6) is 1.07. The highest BCUT2D eigenvalue weighted by Gasteiger charge is 2.73. The van der Waals surface area contributed by atoms with Crippen molar-refractivity contribution in [3.05, 3.63) is 29.8 Å². The molecule has 0 radical (unpaired) electrons. The van der Waals surface area contributed by atoms with Crippen molar-refractivity contribution in [2.75, 3.05) is 7.11 Å². The van der Waals surface area contributed by atoms with Gasteiger partial charge in [0, 0.05) is 5.41 Å². The first-order chi connectivity index (χ1) is 11.2. The Hall–Kier alpha value is -1.39. The second-order valence-electron chi connectivity index (χ2n) is 8.47. The largest absolute Gasteiger partial charge is 0.497 e. The number of carbonyl (C=O) groups is 1. The number of aliphatic hydroxyl groups is 1. The molecule has 2 saturated carbocycles. The Bertz CT molecular complexity index is 679. The number of epoxide rings is 1. The van der Waals surface area contributed by atoms with Crippen LogP contribution in [-0.4, -0.2) is 29.7 Å². The van der Waals surface area contributed by atoms with E-state index < -0.39 is 11.7 Å². The predicted octanol–water partition coefficient (Wildman–Crippen LogP) is 3.28. The molecule has 3 fully saturated rings. The zero-order chi connectivity index (χ0) is 17.3. The Balaban J connectivity index is 1.55. The molecule has 3 aliphatic rings. The van der Waals surface area contributed by atoms with Crippen molar-refractivity contribution in [3.8, 4) is 5.75 Å². The van der Waals surface area contributed by atoms with Gasteiger partial charge in [-0.05, 0) is 48.3 Å². The van der Waals surface area contributed by atoms with Crippen molar-refractivity contribution in [2.24, 2.45) is 16.7 Å². The van der Waals surface area contributed by atoms with Crippen LogP contribution in [0.2, 0.25) is 0 Å². The standard InChI is InChI=1S/C20H26O4/c1-18(2)13-9-10-19(18,3)20(22,11-13)17(21)16-15(24-16)12-5-7-14(23-4)8-6-12/h5-8,13,15-16,22H,9-11H2,1-4H3/t13-,15-,16+,19-,20+/m1/s1. The number of carbonyl (C=O) groups excluding carboxylic acids is 1. The highest BCUT2D eigenvalue weighted by molar-refractivity contribution is 5.95. The molecule has 1 aromatic rings. The van der Waals surface area contributed by atoms with Crippen LogP contribution in [0.15, 0.2) is 24.3 Å². The van der Waals surface area contributed by atoms with Gasteiger partial charge in [-0.25, -0.2) is 0 Å². The molecule has 4 heteroatoms. The molecule has 5 atom stereocenters. The first kappa shape index (κ1) is 16.1. The fourth-order valence-corrected chi connectivity index (χ4v) is 5.24. The van der Waals surface area contributed by atoms with Gasteiger partial charge in [0.15, 0.2) is 5.78 Å². The third-order valence-electron chi connectivity index (χ3n) is 7.49. The topological polar surface area (TPSA) is 59.1 Å². The Morgan fingerprint density at radius 2 is 1.92 bits per heavy atom. The van der Waals surface area contributed by atoms with Crippen LogP contribution in [0.5, 0.6) is 5.75 Å².